The molecular weight excluding hydrogens is 404 g/mol. The number of hydrogen-bond acceptors (Lipinski definition) is 5. The number of rotatable bonds is 7. The van der Waals surface area contributed by atoms with Gasteiger partial charge in [-0.15, -0.1) is 11.3 Å². The molecule has 4 rings (SSSR count). The summed E-state index contributed by atoms with van der Waals surface area (Å²) in [5.74, 6) is -2.04. The van der Waals surface area contributed by atoms with E-state index in [4.69, 9.17) is 4.74 Å². The molecule has 0 aliphatic heterocycles. The van der Waals surface area contributed by atoms with E-state index in [1.54, 1.807) is 6.21 Å². The fourth-order valence-corrected chi connectivity index (χ4v) is 3.42. The Labute approximate surface area is 176 Å². The summed E-state index contributed by atoms with van der Waals surface area (Å²) in [5.41, 5.74) is 6.51. The van der Waals surface area contributed by atoms with E-state index in [1.165, 1.54) is 23.5 Å². The molecule has 3 aromatic carbocycles. The lowest BCUT2D eigenvalue weighted by Crippen LogP contribution is -1.99. The fourth-order valence-electron chi connectivity index (χ4n) is 2.75. The number of ether oxygens (including phenoxy) is 1. The highest BCUT2D eigenvalue weighted by Gasteiger charge is 2.08. The third-order valence-corrected chi connectivity index (χ3v) is 4.96. The minimum absolute atomic E-state index is 0.113. The van der Waals surface area contributed by atoms with Gasteiger partial charge in [0, 0.05) is 10.9 Å². The van der Waals surface area contributed by atoms with Crippen molar-refractivity contribution in [3.05, 3.63) is 101 Å². The van der Waals surface area contributed by atoms with Crippen LogP contribution in [-0.4, -0.2) is 11.2 Å². The van der Waals surface area contributed by atoms with Crippen molar-refractivity contribution in [3.63, 3.8) is 0 Å². The maximum Gasteiger partial charge on any atom is 0.203 e. The van der Waals surface area contributed by atoms with E-state index in [0.717, 1.165) is 28.5 Å². The lowest BCUT2D eigenvalue weighted by Gasteiger charge is -2.08. The van der Waals surface area contributed by atoms with Gasteiger partial charge in [-0.25, -0.2) is 9.37 Å². The summed E-state index contributed by atoms with van der Waals surface area (Å²) in [6.07, 6.45) is 1.66. The Bertz CT molecular complexity index is 1160. The molecule has 0 fully saturated rings. The second kappa shape index (κ2) is 9.28. The van der Waals surface area contributed by atoms with Crippen LogP contribution in [0.4, 0.5) is 13.9 Å². The fraction of sp³-hybridized carbons (Fsp3) is 0.0435. The molecule has 150 valence electrons. The van der Waals surface area contributed by atoms with Crippen LogP contribution in [0, 0.1) is 11.6 Å². The van der Waals surface area contributed by atoms with Gasteiger partial charge in [0.15, 0.2) is 11.6 Å². The molecule has 30 heavy (non-hydrogen) atoms. The molecule has 0 aliphatic carbocycles. The van der Waals surface area contributed by atoms with E-state index in [1.807, 2.05) is 60.0 Å². The minimum atomic E-state index is -0.988. The summed E-state index contributed by atoms with van der Waals surface area (Å²) < 4.78 is 32.3. The Morgan fingerprint density at radius 1 is 1.00 bits per heavy atom. The first kappa shape index (κ1) is 19.7. The number of thiazole rings is 1. The molecule has 1 N–H and O–H groups in total. The smallest absolute Gasteiger partial charge is 0.203 e. The van der Waals surface area contributed by atoms with Crippen molar-refractivity contribution in [1.82, 2.24) is 4.98 Å². The summed E-state index contributed by atoms with van der Waals surface area (Å²) in [5, 5.41) is 6.88. The zero-order chi connectivity index (χ0) is 20.8. The Morgan fingerprint density at radius 2 is 1.83 bits per heavy atom. The van der Waals surface area contributed by atoms with Crippen LogP contribution in [0.25, 0.3) is 11.3 Å². The summed E-state index contributed by atoms with van der Waals surface area (Å²) >= 11 is 1.47. The normalized spacial score (nSPS) is 11.0. The molecule has 0 amide bonds. The van der Waals surface area contributed by atoms with Gasteiger partial charge in [-0.2, -0.15) is 9.49 Å². The van der Waals surface area contributed by atoms with E-state index in [0.29, 0.717) is 5.13 Å². The van der Waals surface area contributed by atoms with Gasteiger partial charge in [0.2, 0.25) is 10.9 Å². The van der Waals surface area contributed by atoms with Crippen LogP contribution in [0.15, 0.2) is 83.3 Å². The van der Waals surface area contributed by atoms with Crippen molar-refractivity contribution in [3.8, 4) is 17.0 Å². The second-order valence-electron chi connectivity index (χ2n) is 6.36. The predicted octanol–water partition coefficient (Wildman–Crippen LogP) is 6.11. The third-order valence-electron chi connectivity index (χ3n) is 4.21. The van der Waals surface area contributed by atoms with Gasteiger partial charge in [0.25, 0.3) is 0 Å². The topological polar surface area (TPSA) is 46.5 Å². The molecule has 0 radical (unpaired) electrons. The van der Waals surface area contributed by atoms with Crippen molar-refractivity contribution < 1.29 is 13.5 Å². The average molecular weight is 421 g/mol. The number of benzene rings is 3. The highest BCUT2D eigenvalue weighted by Crippen LogP contribution is 2.24. The highest BCUT2D eigenvalue weighted by molar-refractivity contribution is 7.14. The average Bonchev–Trinajstić information content (AvgIpc) is 3.25. The largest absolute Gasteiger partial charge is 0.486 e. The Hall–Kier alpha value is -3.58. The molecule has 1 aromatic heterocycles. The van der Waals surface area contributed by atoms with E-state index < -0.39 is 11.6 Å². The molecule has 0 saturated carbocycles. The highest BCUT2D eigenvalue weighted by atomic mass is 32.1. The first-order valence-electron chi connectivity index (χ1n) is 9.15. The molecule has 0 bridgehead atoms. The summed E-state index contributed by atoms with van der Waals surface area (Å²) in [4.78, 5) is 4.52. The number of nitrogens with one attached hydrogen (secondary N) is 1. The summed E-state index contributed by atoms with van der Waals surface area (Å²) in [6, 6.07) is 21.2. The second-order valence-corrected chi connectivity index (χ2v) is 7.22. The minimum Gasteiger partial charge on any atom is -0.486 e. The molecule has 0 spiro atoms. The first-order valence-corrected chi connectivity index (χ1v) is 10.0. The molecule has 1 heterocycles. The van der Waals surface area contributed by atoms with Crippen molar-refractivity contribution in [2.24, 2.45) is 5.10 Å². The van der Waals surface area contributed by atoms with Gasteiger partial charge in [-0.05, 0) is 29.3 Å². The zero-order valence-corrected chi connectivity index (χ0v) is 16.6. The van der Waals surface area contributed by atoms with Crippen LogP contribution in [0.2, 0.25) is 0 Å². The quantitative estimate of drug-likeness (QED) is 0.289. The number of nitrogens with zero attached hydrogens (tertiary/aromatic N) is 2. The van der Waals surface area contributed by atoms with Gasteiger partial charge >= 0.3 is 0 Å². The van der Waals surface area contributed by atoms with Gasteiger partial charge in [0.05, 0.1) is 11.9 Å². The van der Waals surface area contributed by atoms with Crippen LogP contribution in [-0.2, 0) is 6.61 Å². The monoisotopic (exact) mass is 421 g/mol. The van der Waals surface area contributed by atoms with Crippen molar-refractivity contribution in [1.29, 1.82) is 0 Å². The molecule has 0 unspecified atom stereocenters. The first-order chi connectivity index (χ1) is 14.7. The third kappa shape index (κ3) is 4.87. The van der Waals surface area contributed by atoms with Gasteiger partial charge in [-0.3, -0.25) is 5.43 Å². The van der Waals surface area contributed by atoms with E-state index in [9.17, 15) is 8.78 Å². The number of halogens is 2. The van der Waals surface area contributed by atoms with Crippen LogP contribution in [0.5, 0.6) is 5.75 Å². The Balaban J connectivity index is 1.37. The van der Waals surface area contributed by atoms with Crippen LogP contribution < -0.4 is 10.2 Å². The SMILES string of the molecule is Fc1cccc(OCc2cccc(C=NNc3nc(-c4ccccc4)cs3)c2)c1F. The molecule has 7 heteroatoms. The van der Waals surface area contributed by atoms with E-state index in [-0.39, 0.29) is 12.4 Å². The molecule has 4 aromatic rings. The van der Waals surface area contributed by atoms with Crippen molar-refractivity contribution in [2.75, 3.05) is 5.43 Å². The van der Waals surface area contributed by atoms with Crippen LogP contribution >= 0.6 is 11.3 Å². The molecule has 0 atom stereocenters. The zero-order valence-electron chi connectivity index (χ0n) is 15.8. The van der Waals surface area contributed by atoms with E-state index in [2.05, 4.69) is 15.5 Å². The Kier molecular flexibility index (Phi) is 6.10. The van der Waals surface area contributed by atoms with Gasteiger partial charge < -0.3 is 4.74 Å². The Morgan fingerprint density at radius 3 is 2.70 bits per heavy atom. The lowest BCUT2D eigenvalue weighted by molar-refractivity contribution is 0.284. The number of aromatic nitrogens is 1. The van der Waals surface area contributed by atoms with Gasteiger partial charge in [0.1, 0.15) is 6.61 Å². The van der Waals surface area contributed by atoms with E-state index >= 15 is 0 Å². The number of hydrazone groups is 1. The summed E-state index contributed by atoms with van der Waals surface area (Å²) in [6.45, 7) is 0.113. The molecule has 0 saturated heterocycles. The van der Waals surface area contributed by atoms with Crippen molar-refractivity contribution in [2.45, 2.75) is 6.61 Å². The molecular formula is C23H17F2N3OS. The predicted molar refractivity (Wildman–Crippen MR) is 116 cm³/mol. The summed E-state index contributed by atoms with van der Waals surface area (Å²) in [7, 11) is 0. The number of anilines is 1. The molecule has 4 nitrogen and oxygen atoms in total. The lowest BCUT2D eigenvalue weighted by atomic mass is 10.1. The maximum absolute atomic E-state index is 13.7. The maximum atomic E-state index is 13.7. The van der Waals surface area contributed by atoms with Gasteiger partial charge in [-0.1, -0.05) is 54.6 Å². The molecule has 0 aliphatic rings. The van der Waals surface area contributed by atoms with Crippen LogP contribution in [0.3, 0.4) is 0 Å². The number of hydrogen-bond donors (Lipinski definition) is 1. The van der Waals surface area contributed by atoms with Crippen LogP contribution in [0.1, 0.15) is 11.1 Å². The standard InChI is InChI=1S/C23H17F2N3OS/c24-19-10-5-11-21(22(19)25)29-14-17-7-4-6-16(12-17)13-26-28-23-27-20(15-30-23)18-8-2-1-3-9-18/h1-13,15H,14H2,(H,27,28). The van der Waals surface area contributed by atoms with Crippen molar-refractivity contribution >= 4 is 22.7 Å².